The molecule has 0 spiro atoms. The Labute approximate surface area is 127 Å². The molecule has 0 aromatic heterocycles. The second kappa shape index (κ2) is 6.71. The molecular weight excluding hydrogens is 316 g/mol. The zero-order valence-electron chi connectivity index (χ0n) is 11.6. The van der Waals surface area contributed by atoms with Crippen molar-refractivity contribution in [2.75, 3.05) is 0 Å². The first-order chi connectivity index (χ1) is 9.58. The second-order valence-electron chi connectivity index (χ2n) is 5.08. The fourth-order valence-electron chi connectivity index (χ4n) is 1.99. The summed E-state index contributed by atoms with van der Waals surface area (Å²) in [6.07, 6.45) is 0.888. The number of carbonyl (C=O) groups excluding carboxylic acids is 1. The number of halogens is 1. The Morgan fingerprint density at radius 3 is 2.45 bits per heavy atom. The molecular formula is C17H17BrO2. The van der Waals surface area contributed by atoms with Gasteiger partial charge >= 0.3 is 5.97 Å². The van der Waals surface area contributed by atoms with Crippen molar-refractivity contribution < 1.29 is 9.53 Å². The van der Waals surface area contributed by atoms with Gasteiger partial charge in [-0.05, 0) is 52.0 Å². The van der Waals surface area contributed by atoms with Crippen molar-refractivity contribution >= 4 is 21.9 Å². The summed E-state index contributed by atoms with van der Waals surface area (Å²) < 4.78 is 6.29. The minimum atomic E-state index is -0.339. The molecule has 104 valence electrons. The first-order valence-corrected chi connectivity index (χ1v) is 7.42. The molecule has 0 aliphatic heterocycles. The smallest absolute Gasteiger partial charge is 0.344 e. The van der Waals surface area contributed by atoms with Crippen LogP contribution in [0.1, 0.15) is 29.8 Å². The zero-order valence-corrected chi connectivity index (χ0v) is 13.2. The lowest BCUT2D eigenvalue weighted by atomic mass is 10.0. The average Bonchev–Trinajstić information content (AvgIpc) is 2.41. The van der Waals surface area contributed by atoms with Gasteiger partial charge in [0.1, 0.15) is 5.75 Å². The van der Waals surface area contributed by atoms with E-state index in [0.29, 0.717) is 17.2 Å². The first-order valence-electron chi connectivity index (χ1n) is 6.62. The van der Waals surface area contributed by atoms with Crippen LogP contribution in [0.25, 0.3) is 0 Å². The van der Waals surface area contributed by atoms with Gasteiger partial charge < -0.3 is 4.74 Å². The molecule has 0 saturated carbocycles. The summed E-state index contributed by atoms with van der Waals surface area (Å²) >= 11 is 3.37. The van der Waals surface area contributed by atoms with Crippen LogP contribution in [0.15, 0.2) is 53.0 Å². The summed E-state index contributed by atoms with van der Waals surface area (Å²) in [4.78, 5) is 12.2. The molecule has 2 aromatic rings. The van der Waals surface area contributed by atoms with E-state index in [1.165, 1.54) is 0 Å². The van der Waals surface area contributed by atoms with E-state index in [1.807, 2.05) is 42.5 Å². The maximum Gasteiger partial charge on any atom is 0.344 e. The minimum Gasteiger partial charge on any atom is -0.423 e. The molecule has 0 heterocycles. The lowest BCUT2D eigenvalue weighted by Gasteiger charge is -2.12. The highest BCUT2D eigenvalue weighted by Gasteiger charge is 2.14. The van der Waals surface area contributed by atoms with Crippen LogP contribution >= 0.6 is 15.9 Å². The van der Waals surface area contributed by atoms with Gasteiger partial charge in [0.15, 0.2) is 0 Å². The van der Waals surface area contributed by atoms with Crippen LogP contribution in [0.3, 0.4) is 0 Å². The van der Waals surface area contributed by atoms with Crippen molar-refractivity contribution in [1.29, 1.82) is 0 Å². The second-order valence-corrected chi connectivity index (χ2v) is 5.93. The van der Waals surface area contributed by atoms with Crippen molar-refractivity contribution in [1.82, 2.24) is 0 Å². The van der Waals surface area contributed by atoms with Gasteiger partial charge in [-0.1, -0.05) is 44.2 Å². The van der Waals surface area contributed by atoms with Gasteiger partial charge in [0.25, 0.3) is 0 Å². The van der Waals surface area contributed by atoms with Crippen molar-refractivity contribution in [3.8, 4) is 5.75 Å². The number of hydrogen-bond acceptors (Lipinski definition) is 2. The molecule has 0 aliphatic carbocycles. The molecule has 0 aliphatic rings. The van der Waals surface area contributed by atoms with E-state index in [4.69, 9.17) is 4.74 Å². The summed E-state index contributed by atoms with van der Waals surface area (Å²) in [5.74, 6) is 0.814. The number of rotatable bonds is 4. The monoisotopic (exact) mass is 332 g/mol. The standard InChI is InChI=1S/C17H17BrO2/c1-12(2)11-13-7-3-6-10-16(13)20-17(19)14-8-4-5-9-15(14)18/h3-10,12H,11H2,1-2H3. The molecule has 2 aromatic carbocycles. The number of ether oxygens (including phenoxy) is 1. The van der Waals surface area contributed by atoms with Crippen LogP contribution in [0.4, 0.5) is 0 Å². The highest BCUT2D eigenvalue weighted by molar-refractivity contribution is 9.10. The molecule has 0 saturated heterocycles. The van der Waals surface area contributed by atoms with E-state index in [9.17, 15) is 4.79 Å². The van der Waals surface area contributed by atoms with Gasteiger partial charge in [-0.25, -0.2) is 4.79 Å². The summed E-state index contributed by atoms with van der Waals surface area (Å²) in [6, 6.07) is 15.0. The Morgan fingerprint density at radius 2 is 1.75 bits per heavy atom. The van der Waals surface area contributed by atoms with E-state index < -0.39 is 0 Å². The Kier molecular flexibility index (Phi) is 4.96. The third-order valence-electron chi connectivity index (χ3n) is 2.90. The lowest BCUT2D eigenvalue weighted by molar-refractivity contribution is 0.0732. The molecule has 3 heteroatoms. The van der Waals surface area contributed by atoms with Crippen molar-refractivity contribution in [2.24, 2.45) is 5.92 Å². The van der Waals surface area contributed by atoms with Gasteiger partial charge in [0, 0.05) is 4.47 Å². The topological polar surface area (TPSA) is 26.3 Å². The fourth-order valence-corrected chi connectivity index (χ4v) is 2.44. The Balaban J connectivity index is 2.22. The first kappa shape index (κ1) is 14.8. The predicted octanol–water partition coefficient (Wildman–Crippen LogP) is 4.87. The fraction of sp³-hybridized carbons (Fsp3) is 0.235. The van der Waals surface area contributed by atoms with E-state index in [2.05, 4.69) is 29.8 Å². The van der Waals surface area contributed by atoms with E-state index >= 15 is 0 Å². The number of hydrogen-bond donors (Lipinski definition) is 0. The third kappa shape index (κ3) is 3.70. The molecule has 0 unspecified atom stereocenters. The van der Waals surface area contributed by atoms with Crippen LogP contribution in [0.2, 0.25) is 0 Å². The third-order valence-corrected chi connectivity index (χ3v) is 3.59. The number of esters is 1. The largest absolute Gasteiger partial charge is 0.423 e. The number of para-hydroxylation sites is 1. The SMILES string of the molecule is CC(C)Cc1ccccc1OC(=O)c1ccccc1Br. The van der Waals surface area contributed by atoms with Crippen LogP contribution < -0.4 is 4.74 Å². The van der Waals surface area contributed by atoms with Gasteiger partial charge in [-0.3, -0.25) is 0 Å². The summed E-state index contributed by atoms with van der Waals surface area (Å²) in [7, 11) is 0. The lowest BCUT2D eigenvalue weighted by Crippen LogP contribution is -2.11. The maximum absolute atomic E-state index is 12.2. The van der Waals surface area contributed by atoms with E-state index in [0.717, 1.165) is 16.5 Å². The molecule has 2 rings (SSSR count). The number of benzene rings is 2. The van der Waals surface area contributed by atoms with Gasteiger partial charge in [-0.15, -0.1) is 0 Å². The van der Waals surface area contributed by atoms with Gasteiger partial charge in [0.05, 0.1) is 5.56 Å². The van der Waals surface area contributed by atoms with Gasteiger partial charge in [-0.2, -0.15) is 0 Å². The van der Waals surface area contributed by atoms with Crippen molar-refractivity contribution in [2.45, 2.75) is 20.3 Å². The highest BCUT2D eigenvalue weighted by atomic mass is 79.9. The Morgan fingerprint density at radius 1 is 1.10 bits per heavy atom. The summed E-state index contributed by atoms with van der Waals surface area (Å²) in [5.41, 5.74) is 1.59. The normalized spacial score (nSPS) is 10.6. The molecule has 0 atom stereocenters. The van der Waals surface area contributed by atoms with Crippen LogP contribution in [0.5, 0.6) is 5.75 Å². The van der Waals surface area contributed by atoms with Gasteiger partial charge in [0.2, 0.25) is 0 Å². The molecule has 0 radical (unpaired) electrons. The maximum atomic E-state index is 12.2. The molecule has 0 bridgehead atoms. The Hall–Kier alpha value is -1.61. The molecule has 0 fully saturated rings. The number of carbonyl (C=O) groups is 1. The zero-order chi connectivity index (χ0) is 14.5. The molecule has 0 amide bonds. The molecule has 0 N–H and O–H groups in total. The molecule has 2 nitrogen and oxygen atoms in total. The van der Waals surface area contributed by atoms with E-state index in [1.54, 1.807) is 6.07 Å². The van der Waals surface area contributed by atoms with E-state index in [-0.39, 0.29) is 5.97 Å². The minimum absolute atomic E-state index is 0.339. The summed E-state index contributed by atoms with van der Waals surface area (Å²) in [6.45, 7) is 4.29. The predicted molar refractivity (Wildman–Crippen MR) is 84.1 cm³/mol. The van der Waals surface area contributed by atoms with Crippen molar-refractivity contribution in [3.63, 3.8) is 0 Å². The molecule has 20 heavy (non-hydrogen) atoms. The quantitative estimate of drug-likeness (QED) is 0.590. The Bertz CT molecular complexity index is 605. The summed E-state index contributed by atoms with van der Waals surface area (Å²) in [5, 5.41) is 0. The van der Waals surface area contributed by atoms with Crippen LogP contribution in [0, 0.1) is 5.92 Å². The highest BCUT2D eigenvalue weighted by Crippen LogP contribution is 2.24. The van der Waals surface area contributed by atoms with Crippen LogP contribution in [-0.4, -0.2) is 5.97 Å². The van der Waals surface area contributed by atoms with Crippen molar-refractivity contribution in [3.05, 3.63) is 64.1 Å². The average molecular weight is 333 g/mol. The van der Waals surface area contributed by atoms with Crippen LogP contribution in [-0.2, 0) is 6.42 Å².